The van der Waals surface area contributed by atoms with Crippen molar-refractivity contribution in [3.8, 4) is 0 Å². The predicted molar refractivity (Wildman–Crippen MR) is 63.9 cm³/mol. The molecule has 1 atom stereocenters. The normalized spacial score (nSPS) is 11.7. The summed E-state index contributed by atoms with van der Waals surface area (Å²) >= 11 is 5.75. The van der Waals surface area contributed by atoms with E-state index in [1.165, 1.54) is 19.2 Å². The van der Waals surface area contributed by atoms with Crippen LogP contribution in [0.4, 0.5) is 11.4 Å². The minimum atomic E-state index is -0.975. The molecule has 1 aromatic carbocycles. The number of nitrogens with zero attached hydrogens (tertiary/aromatic N) is 2. The Morgan fingerprint density at radius 2 is 2.28 bits per heavy atom. The number of rotatable bonds is 5. The van der Waals surface area contributed by atoms with Gasteiger partial charge in [-0.2, -0.15) is 0 Å². The molecule has 0 aromatic heterocycles. The predicted octanol–water partition coefficient (Wildman–Crippen LogP) is 2.32. The number of alkyl halides is 1. The van der Waals surface area contributed by atoms with Gasteiger partial charge in [-0.25, -0.2) is 0 Å². The number of carbonyl (C=O) groups is 1. The molecule has 7 nitrogen and oxygen atoms in total. The van der Waals surface area contributed by atoms with E-state index in [1.807, 2.05) is 0 Å². The van der Waals surface area contributed by atoms with E-state index >= 15 is 0 Å². The number of hydrogen-bond acceptors (Lipinski definition) is 6. The largest absolute Gasteiger partial charge is 0.468 e. The van der Waals surface area contributed by atoms with E-state index in [-0.39, 0.29) is 17.8 Å². The van der Waals surface area contributed by atoms with Crippen LogP contribution in [0.2, 0.25) is 0 Å². The van der Waals surface area contributed by atoms with Crippen LogP contribution in [0.5, 0.6) is 0 Å². The van der Waals surface area contributed by atoms with Crippen LogP contribution < -0.4 is 0 Å². The van der Waals surface area contributed by atoms with Crippen molar-refractivity contribution in [3.63, 3.8) is 0 Å². The molecular formula is C10H9ClN2O5. The maximum atomic E-state index is 11.1. The van der Waals surface area contributed by atoms with E-state index in [9.17, 15) is 19.8 Å². The lowest BCUT2D eigenvalue weighted by atomic mass is 10.1. The Kier molecular flexibility index (Phi) is 4.73. The number of nitro groups is 1. The highest BCUT2D eigenvalue weighted by molar-refractivity contribution is 6.30. The summed E-state index contributed by atoms with van der Waals surface area (Å²) in [6, 6.07) is 3.58. The maximum absolute atomic E-state index is 11.1. The fourth-order valence-corrected chi connectivity index (χ4v) is 1.58. The Balaban J connectivity index is 2.99. The van der Waals surface area contributed by atoms with E-state index in [0.717, 1.165) is 6.07 Å². The molecule has 0 spiro atoms. The summed E-state index contributed by atoms with van der Waals surface area (Å²) in [5, 5.41) is 12.2. The minimum Gasteiger partial charge on any atom is -0.468 e. The van der Waals surface area contributed by atoms with Gasteiger partial charge in [0.1, 0.15) is 11.1 Å². The molecule has 0 aliphatic rings. The fraction of sp³-hybridized carbons (Fsp3) is 0.300. The van der Waals surface area contributed by atoms with Gasteiger partial charge in [0.05, 0.1) is 12.0 Å². The number of nitro benzene ring substituents is 1. The van der Waals surface area contributed by atoms with Crippen molar-refractivity contribution < 1.29 is 14.5 Å². The highest BCUT2D eigenvalue weighted by Gasteiger charge is 2.20. The maximum Gasteiger partial charge on any atom is 0.324 e. The third-order valence-electron chi connectivity index (χ3n) is 2.23. The standard InChI is InChI=1S/C10H9ClN2O5/c1-18-10(14)8(11)4-6-2-3-7(13(16)17)5-9(6)12-15/h2-3,5,8H,4H2,1H3. The first-order valence-corrected chi connectivity index (χ1v) is 5.25. The second-order valence-corrected chi connectivity index (χ2v) is 3.88. The molecule has 8 heteroatoms. The number of hydrogen-bond donors (Lipinski definition) is 0. The molecule has 0 saturated carbocycles. The van der Waals surface area contributed by atoms with Gasteiger partial charge < -0.3 is 4.74 Å². The summed E-state index contributed by atoms with van der Waals surface area (Å²) in [6.07, 6.45) is 0.00724. The summed E-state index contributed by atoms with van der Waals surface area (Å²) in [5.74, 6) is -0.646. The smallest absolute Gasteiger partial charge is 0.324 e. The molecule has 0 aliphatic carbocycles. The topological polar surface area (TPSA) is 98.9 Å². The lowest BCUT2D eigenvalue weighted by molar-refractivity contribution is -0.384. The van der Waals surface area contributed by atoms with E-state index < -0.39 is 16.3 Å². The number of halogens is 1. The van der Waals surface area contributed by atoms with Crippen LogP contribution in [0, 0.1) is 15.0 Å². The van der Waals surface area contributed by atoms with E-state index in [4.69, 9.17) is 11.6 Å². The van der Waals surface area contributed by atoms with Gasteiger partial charge in [0.2, 0.25) is 0 Å². The van der Waals surface area contributed by atoms with Crippen LogP contribution in [0.1, 0.15) is 5.56 Å². The van der Waals surface area contributed by atoms with Gasteiger partial charge in [-0.1, -0.05) is 0 Å². The monoisotopic (exact) mass is 272 g/mol. The van der Waals surface area contributed by atoms with Gasteiger partial charge >= 0.3 is 5.97 Å². The molecule has 1 rings (SSSR count). The number of non-ortho nitro benzene ring substituents is 1. The van der Waals surface area contributed by atoms with Gasteiger partial charge in [0.25, 0.3) is 5.69 Å². The van der Waals surface area contributed by atoms with Gasteiger partial charge in [-0.05, 0) is 16.8 Å². The van der Waals surface area contributed by atoms with Crippen molar-refractivity contribution in [1.82, 2.24) is 0 Å². The first kappa shape index (κ1) is 14.0. The summed E-state index contributed by atoms with van der Waals surface area (Å²) < 4.78 is 4.43. The van der Waals surface area contributed by atoms with Crippen LogP contribution in [0.3, 0.4) is 0 Å². The summed E-state index contributed by atoms with van der Waals surface area (Å²) in [6.45, 7) is 0. The number of nitroso groups, excluding NO2 is 1. The number of methoxy groups -OCH3 is 1. The first-order valence-electron chi connectivity index (χ1n) is 4.82. The van der Waals surface area contributed by atoms with Crippen LogP contribution in [-0.4, -0.2) is 23.4 Å². The lowest BCUT2D eigenvalue weighted by Gasteiger charge is -2.08. The van der Waals surface area contributed by atoms with Gasteiger partial charge in [0.15, 0.2) is 0 Å². The SMILES string of the molecule is COC(=O)C(Cl)Cc1ccc([N+](=O)[O-])cc1N=O. The number of carbonyl (C=O) groups excluding carboxylic acids is 1. The molecule has 0 aliphatic heterocycles. The molecule has 0 N–H and O–H groups in total. The Hall–Kier alpha value is -2.02. The summed E-state index contributed by atoms with van der Waals surface area (Å²) in [4.78, 5) is 31.6. The first-order chi connectivity index (χ1) is 8.49. The quantitative estimate of drug-likeness (QED) is 0.269. The number of benzene rings is 1. The minimum absolute atomic E-state index is 0.00724. The van der Waals surface area contributed by atoms with E-state index in [1.54, 1.807) is 0 Å². The van der Waals surface area contributed by atoms with Crippen LogP contribution in [-0.2, 0) is 16.0 Å². The molecule has 1 unspecified atom stereocenters. The van der Waals surface area contributed by atoms with Crippen LogP contribution in [0.25, 0.3) is 0 Å². The zero-order chi connectivity index (χ0) is 13.7. The molecule has 0 amide bonds. The number of esters is 1. The van der Waals surface area contributed by atoms with Crippen molar-refractivity contribution >= 4 is 28.9 Å². The highest BCUT2D eigenvalue weighted by Crippen LogP contribution is 2.27. The van der Waals surface area contributed by atoms with Gasteiger partial charge in [0, 0.05) is 18.6 Å². The van der Waals surface area contributed by atoms with Crippen molar-refractivity contribution in [1.29, 1.82) is 0 Å². The summed E-state index contributed by atoms with van der Waals surface area (Å²) in [5.41, 5.74) is -0.0164. The number of ether oxygens (including phenoxy) is 1. The molecular weight excluding hydrogens is 264 g/mol. The second kappa shape index (κ2) is 6.06. The van der Waals surface area contributed by atoms with Crippen LogP contribution in [0.15, 0.2) is 23.4 Å². The lowest BCUT2D eigenvalue weighted by Crippen LogP contribution is -2.18. The fourth-order valence-electron chi connectivity index (χ4n) is 1.33. The van der Waals surface area contributed by atoms with E-state index in [0.29, 0.717) is 5.56 Å². The zero-order valence-corrected chi connectivity index (χ0v) is 10.1. The van der Waals surface area contributed by atoms with E-state index in [2.05, 4.69) is 9.91 Å². The van der Waals surface area contributed by atoms with Crippen molar-refractivity contribution in [2.75, 3.05) is 7.11 Å². The average Bonchev–Trinajstić information content (AvgIpc) is 2.37. The third-order valence-corrected chi connectivity index (χ3v) is 2.57. The Morgan fingerprint density at radius 3 is 2.78 bits per heavy atom. The zero-order valence-electron chi connectivity index (χ0n) is 9.33. The molecule has 0 bridgehead atoms. The molecule has 96 valence electrons. The molecule has 0 saturated heterocycles. The average molecular weight is 273 g/mol. The Bertz CT molecular complexity index is 491. The Morgan fingerprint density at radius 1 is 1.61 bits per heavy atom. The van der Waals surface area contributed by atoms with Crippen LogP contribution >= 0.6 is 11.6 Å². The Labute approximate surface area is 107 Å². The van der Waals surface area contributed by atoms with Crippen molar-refractivity contribution in [3.05, 3.63) is 38.8 Å². The molecule has 0 radical (unpaired) electrons. The van der Waals surface area contributed by atoms with Gasteiger partial charge in [-0.15, -0.1) is 16.5 Å². The molecule has 0 fully saturated rings. The summed E-state index contributed by atoms with van der Waals surface area (Å²) in [7, 11) is 1.19. The highest BCUT2D eigenvalue weighted by atomic mass is 35.5. The molecule has 1 aromatic rings. The molecule has 0 heterocycles. The molecule has 18 heavy (non-hydrogen) atoms. The van der Waals surface area contributed by atoms with Gasteiger partial charge in [-0.3, -0.25) is 14.9 Å². The van der Waals surface area contributed by atoms with Crippen molar-refractivity contribution in [2.45, 2.75) is 11.8 Å². The third kappa shape index (κ3) is 3.24. The van der Waals surface area contributed by atoms with Crippen molar-refractivity contribution in [2.24, 2.45) is 5.18 Å². The second-order valence-electron chi connectivity index (χ2n) is 3.36.